The van der Waals surface area contributed by atoms with Gasteiger partial charge in [-0.3, -0.25) is 14.9 Å². The van der Waals surface area contributed by atoms with Crippen molar-refractivity contribution < 1.29 is 9.72 Å². The third-order valence-electron chi connectivity index (χ3n) is 3.06. The molecule has 1 saturated heterocycles. The van der Waals surface area contributed by atoms with E-state index in [2.05, 4.69) is 5.32 Å². The Kier molecular flexibility index (Phi) is 3.57. The van der Waals surface area contributed by atoms with E-state index in [1.54, 1.807) is 24.0 Å². The van der Waals surface area contributed by atoms with Gasteiger partial charge < -0.3 is 10.2 Å². The van der Waals surface area contributed by atoms with Crippen LogP contribution in [0.3, 0.4) is 0 Å². The highest BCUT2D eigenvalue weighted by Gasteiger charge is 2.20. The third kappa shape index (κ3) is 2.48. The maximum atomic E-state index is 12.2. The molecule has 0 atom stereocenters. The molecule has 6 heteroatoms. The van der Waals surface area contributed by atoms with E-state index in [1.165, 1.54) is 6.07 Å². The molecule has 1 heterocycles. The van der Waals surface area contributed by atoms with Gasteiger partial charge in [0.15, 0.2) is 0 Å². The second kappa shape index (κ2) is 5.14. The van der Waals surface area contributed by atoms with E-state index >= 15 is 0 Å². The fraction of sp³-hybridized carbons (Fsp3) is 0.417. The van der Waals surface area contributed by atoms with Gasteiger partial charge in [0.1, 0.15) is 0 Å². The van der Waals surface area contributed by atoms with Crippen LogP contribution in [0, 0.1) is 17.0 Å². The third-order valence-corrected chi connectivity index (χ3v) is 3.06. The summed E-state index contributed by atoms with van der Waals surface area (Å²) in [7, 11) is 0. The first-order valence-electron chi connectivity index (χ1n) is 5.84. The number of hydrogen-bond acceptors (Lipinski definition) is 4. The molecule has 1 aromatic rings. The minimum absolute atomic E-state index is 0.00372. The Morgan fingerprint density at radius 2 is 2.06 bits per heavy atom. The number of amides is 1. The fourth-order valence-electron chi connectivity index (χ4n) is 1.99. The zero-order chi connectivity index (χ0) is 13.1. The van der Waals surface area contributed by atoms with Crippen molar-refractivity contribution in [2.24, 2.45) is 0 Å². The van der Waals surface area contributed by atoms with E-state index in [0.717, 1.165) is 13.1 Å². The second-order valence-electron chi connectivity index (χ2n) is 4.30. The van der Waals surface area contributed by atoms with Crippen molar-refractivity contribution in [1.29, 1.82) is 0 Å². The maximum absolute atomic E-state index is 12.2. The summed E-state index contributed by atoms with van der Waals surface area (Å²) in [6.45, 7) is 4.47. The number of hydrogen-bond donors (Lipinski definition) is 1. The summed E-state index contributed by atoms with van der Waals surface area (Å²) in [4.78, 5) is 24.3. The maximum Gasteiger partial charge on any atom is 0.273 e. The first kappa shape index (κ1) is 12.5. The Morgan fingerprint density at radius 1 is 1.39 bits per heavy atom. The predicted molar refractivity (Wildman–Crippen MR) is 66.6 cm³/mol. The number of nitrogens with one attached hydrogen (secondary N) is 1. The summed E-state index contributed by atoms with van der Waals surface area (Å²) in [6, 6.07) is 4.62. The highest BCUT2D eigenvalue weighted by Crippen LogP contribution is 2.20. The normalized spacial score (nSPS) is 15.5. The molecule has 2 rings (SSSR count). The number of nitro groups is 1. The molecule has 0 spiro atoms. The number of carbonyl (C=O) groups is 1. The van der Waals surface area contributed by atoms with E-state index in [4.69, 9.17) is 0 Å². The summed E-state index contributed by atoms with van der Waals surface area (Å²) < 4.78 is 0. The Hall–Kier alpha value is -1.95. The average molecular weight is 249 g/mol. The Balaban J connectivity index is 2.24. The second-order valence-corrected chi connectivity index (χ2v) is 4.30. The SMILES string of the molecule is Cc1ccc(C(=O)N2CCNCC2)cc1[N+](=O)[O-]. The van der Waals surface area contributed by atoms with Gasteiger partial charge in [-0.25, -0.2) is 0 Å². The van der Waals surface area contributed by atoms with Gasteiger partial charge in [-0.2, -0.15) is 0 Å². The number of benzene rings is 1. The van der Waals surface area contributed by atoms with E-state index in [9.17, 15) is 14.9 Å². The summed E-state index contributed by atoms with van der Waals surface area (Å²) in [6.07, 6.45) is 0. The molecule has 0 radical (unpaired) electrons. The van der Waals surface area contributed by atoms with Crippen LogP contribution in [0.2, 0.25) is 0 Å². The molecule has 0 unspecified atom stereocenters. The minimum Gasteiger partial charge on any atom is -0.336 e. The van der Waals surface area contributed by atoms with Crippen molar-refractivity contribution in [3.8, 4) is 0 Å². The monoisotopic (exact) mass is 249 g/mol. The van der Waals surface area contributed by atoms with Crippen molar-refractivity contribution in [2.75, 3.05) is 26.2 Å². The lowest BCUT2D eigenvalue weighted by molar-refractivity contribution is -0.385. The van der Waals surface area contributed by atoms with Crippen LogP contribution in [0.4, 0.5) is 5.69 Å². The molecule has 0 bridgehead atoms. The smallest absolute Gasteiger partial charge is 0.273 e. The number of rotatable bonds is 2. The molecule has 1 aliphatic rings. The number of piperazine rings is 1. The van der Waals surface area contributed by atoms with Crippen LogP contribution < -0.4 is 5.32 Å². The Bertz CT molecular complexity index is 481. The fourth-order valence-corrected chi connectivity index (χ4v) is 1.99. The van der Waals surface area contributed by atoms with Crippen LogP contribution in [0.15, 0.2) is 18.2 Å². The van der Waals surface area contributed by atoms with E-state index in [-0.39, 0.29) is 11.6 Å². The van der Waals surface area contributed by atoms with Crippen molar-refractivity contribution in [1.82, 2.24) is 10.2 Å². The topological polar surface area (TPSA) is 75.5 Å². The lowest BCUT2D eigenvalue weighted by atomic mass is 10.1. The van der Waals surface area contributed by atoms with Gasteiger partial charge >= 0.3 is 0 Å². The Morgan fingerprint density at radius 3 is 2.67 bits per heavy atom. The molecular formula is C12H15N3O3. The van der Waals surface area contributed by atoms with Gasteiger partial charge in [0.25, 0.3) is 11.6 Å². The molecule has 96 valence electrons. The van der Waals surface area contributed by atoms with Crippen LogP contribution in [0.25, 0.3) is 0 Å². The lowest BCUT2D eigenvalue weighted by Gasteiger charge is -2.27. The molecule has 0 aliphatic carbocycles. The molecule has 1 fully saturated rings. The summed E-state index contributed by atoms with van der Waals surface area (Å²) in [5.41, 5.74) is 0.946. The van der Waals surface area contributed by atoms with E-state index in [1.807, 2.05) is 0 Å². The number of nitro benzene ring substituents is 1. The van der Waals surface area contributed by atoms with E-state index in [0.29, 0.717) is 24.2 Å². The van der Waals surface area contributed by atoms with Gasteiger partial charge in [0.05, 0.1) is 4.92 Å². The molecule has 1 aromatic carbocycles. The van der Waals surface area contributed by atoms with Crippen LogP contribution in [-0.4, -0.2) is 41.9 Å². The molecule has 0 aromatic heterocycles. The molecule has 1 N–H and O–H groups in total. The zero-order valence-electron chi connectivity index (χ0n) is 10.2. The van der Waals surface area contributed by atoms with Gasteiger partial charge in [0.2, 0.25) is 0 Å². The van der Waals surface area contributed by atoms with Crippen molar-refractivity contribution >= 4 is 11.6 Å². The minimum atomic E-state index is -0.454. The quantitative estimate of drug-likeness (QED) is 0.625. The van der Waals surface area contributed by atoms with Crippen LogP contribution in [0.1, 0.15) is 15.9 Å². The number of carbonyl (C=O) groups excluding carboxylic acids is 1. The largest absolute Gasteiger partial charge is 0.336 e. The summed E-state index contributed by atoms with van der Waals surface area (Å²) in [5.74, 6) is -0.139. The molecule has 1 amide bonds. The van der Waals surface area contributed by atoms with Crippen molar-refractivity contribution in [3.05, 3.63) is 39.4 Å². The predicted octanol–water partition coefficient (Wildman–Crippen LogP) is 0.949. The number of aryl methyl sites for hydroxylation is 1. The number of nitrogens with zero attached hydrogens (tertiary/aromatic N) is 2. The van der Waals surface area contributed by atoms with Crippen molar-refractivity contribution in [3.63, 3.8) is 0 Å². The highest BCUT2D eigenvalue weighted by atomic mass is 16.6. The molecule has 6 nitrogen and oxygen atoms in total. The van der Waals surface area contributed by atoms with Crippen LogP contribution >= 0.6 is 0 Å². The molecule has 18 heavy (non-hydrogen) atoms. The highest BCUT2D eigenvalue weighted by molar-refractivity contribution is 5.95. The van der Waals surface area contributed by atoms with Gasteiger partial charge in [-0.15, -0.1) is 0 Å². The van der Waals surface area contributed by atoms with Crippen LogP contribution in [-0.2, 0) is 0 Å². The van der Waals surface area contributed by atoms with Crippen molar-refractivity contribution in [2.45, 2.75) is 6.92 Å². The molecular weight excluding hydrogens is 234 g/mol. The average Bonchev–Trinajstić information content (AvgIpc) is 2.39. The first-order valence-corrected chi connectivity index (χ1v) is 5.84. The van der Waals surface area contributed by atoms with Gasteiger partial charge in [-0.05, 0) is 13.0 Å². The Labute approximate surface area is 105 Å². The summed E-state index contributed by atoms with van der Waals surface area (Å²) in [5, 5.41) is 14.0. The van der Waals surface area contributed by atoms with E-state index < -0.39 is 4.92 Å². The van der Waals surface area contributed by atoms with Crippen LogP contribution in [0.5, 0.6) is 0 Å². The lowest BCUT2D eigenvalue weighted by Crippen LogP contribution is -2.46. The molecule has 0 saturated carbocycles. The first-order chi connectivity index (χ1) is 8.59. The standard InChI is InChI=1S/C12H15N3O3/c1-9-2-3-10(8-11(9)15(17)18)12(16)14-6-4-13-5-7-14/h2-3,8,13H,4-7H2,1H3. The van der Waals surface area contributed by atoms with Gasteiger partial charge in [0, 0.05) is 43.4 Å². The van der Waals surface area contributed by atoms with Gasteiger partial charge in [-0.1, -0.05) is 6.07 Å². The zero-order valence-corrected chi connectivity index (χ0v) is 10.2. The molecule has 1 aliphatic heterocycles. The summed E-state index contributed by atoms with van der Waals surface area (Å²) >= 11 is 0.